The lowest BCUT2D eigenvalue weighted by atomic mass is 9.95. The van der Waals surface area contributed by atoms with E-state index in [0.29, 0.717) is 12.8 Å². The molecule has 0 saturated heterocycles. The Bertz CT molecular complexity index is 751. The molecule has 0 aliphatic carbocycles. The lowest BCUT2D eigenvalue weighted by Crippen LogP contribution is -2.52. The third kappa shape index (κ3) is 5.06. The summed E-state index contributed by atoms with van der Waals surface area (Å²) in [5.41, 5.74) is 4.94. The topological polar surface area (TPSA) is 116 Å². The lowest BCUT2D eigenvalue weighted by Gasteiger charge is -2.31. The van der Waals surface area contributed by atoms with Gasteiger partial charge in [0, 0.05) is 18.3 Å². The molecule has 1 aromatic rings. The van der Waals surface area contributed by atoms with Gasteiger partial charge in [0.05, 0.1) is 12.0 Å². The average molecular weight is 401 g/mol. The SMILES string of the molecule is CCC(CC)(CN)NS(=O)(=O)c1cc(S(C)(=O)=O)ccc1OC.Cl. The zero-order valence-corrected chi connectivity index (χ0v) is 16.6. The average Bonchev–Trinajstić information content (AvgIpc) is 2.51. The van der Waals surface area contributed by atoms with E-state index in [1.165, 1.54) is 19.2 Å². The van der Waals surface area contributed by atoms with Crippen LogP contribution in [0.3, 0.4) is 0 Å². The molecule has 0 fully saturated rings. The van der Waals surface area contributed by atoms with Crippen molar-refractivity contribution < 1.29 is 21.6 Å². The highest BCUT2D eigenvalue weighted by molar-refractivity contribution is 7.91. The summed E-state index contributed by atoms with van der Waals surface area (Å²) in [4.78, 5) is -0.312. The van der Waals surface area contributed by atoms with Crippen LogP contribution in [0.2, 0.25) is 0 Å². The smallest absolute Gasteiger partial charge is 0.244 e. The molecule has 0 atom stereocenters. The molecule has 0 spiro atoms. The van der Waals surface area contributed by atoms with Crippen molar-refractivity contribution in [3.05, 3.63) is 18.2 Å². The molecule has 24 heavy (non-hydrogen) atoms. The molecule has 0 aromatic heterocycles. The van der Waals surface area contributed by atoms with E-state index in [9.17, 15) is 16.8 Å². The van der Waals surface area contributed by atoms with Crippen LogP contribution in [-0.2, 0) is 19.9 Å². The molecule has 0 aliphatic heterocycles. The highest BCUT2D eigenvalue weighted by Gasteiger charge is 2.33. The van der Waals surface area contributed by atoms with E-state index in [1.54, 1.807) is 0 Å². The molecule has 3 N–H and O–H groups in total. The van der Waals surface area contributed by atoms with Gasteiger partial charge in [0.2, 0.25) is 10.0 Å². The monoisotopic (exact) mass is 400 g/mol. The maximum atomic E-state index is 12.7. The van der Waals surface area contributed by atoms with Crippen LogP contribution in [0.4, 0.5) is 0 Å². The number of sulfonamides is 1. The fraction of sp³-hybridized carbons (Fsp3) is 0.571. The molecule has 10 heteroatoms. The van der Waals surface area contributed by atoms with Crippen LogP contribution in [0, 0.1) is 0 Å². The highest BCUT2D eigenvalue weighted by atomic mass is 35.5. The van der Waals surface area contributed by atoms with Crippen molar-refractivity contribution in [1.29, 1.82) is 0 Å². The van der Waals surface area contributed by atoms with Crippen molar-refractivity contribution >= 4 is 32.3 Å². The Morgan fingerprint density at radius 3 is 2.08 bits per heavy atom. The molecule has 0 unspecified atom stereocenters. The van der Waals surface area contributed by atoms with E-state index in [2.05, 4.69) is 4.72 Å². The van der Waals surface area contributed by atoms with Gasteiger partial charge < -0.3 is 10.5 Å². The Kier molecular flexibility index (Phi) is 8.17. The molecule has 0 bridgehead atoms. The predicted molar refractivity (Wildman–Crippen MR) is 96.0 cm³/mol. The summed E-state index contributed by atoms with van der Waals surface area (Å²) < 4.78 is 56.5. The van der Waals surface area contributed by atoms with Gasteiger partial charge in [0.1, 0.15) is 10.6 Å². The molecule has 140 valence electrons. The van der Waals surface area contributed by atoms with Crippen molar-refractivity contribution in [1.82, 2.24) is 4.72 Å². The molecule has 0 amide bonds. The van der Waals surface area contributed by atoms with E-state index in [4.69, 9.17) is 10.5 Å². The number of rotatable bonds is 8. The van der Waals surface area contributed by atoms with E-state index < -0.39 is 25.4 Å². The number of nitrogens with one attached hydrogen (secondary N) is 1. The molecular weight excluding hydrogens is 376 g/mol. The second kappa shape index (κ2) is 8.48. The zero-order chi connectivity index (χ0) is 17.9. The van der Waals surface area contributed by atoms with E-state index in [1.807, 2.05) is 13.8 Å². The van der Waals surface area contributed by atoms with Gasteiger partial charge in [-0.25, -0.2) is 21.6 Å². The van der Waals surface area contributed by atoms with E-state index in [0.717, 1.165) is 12.3 Å². The molecule has 7 nitrogen and oxygen atoms in total. The van der Waals surface area contributed by atoms with E-state index in [-0.39, 0.29) is 34.5 Å². The van der Waals surface area contributed by atoms with Gasteiger partial charge in [0.15, 0.2) is 9.84 Å². The second-order valence-corrected chi connectivity index (χ2v) is 9.05. The molecule has 0 saturated carbocycles. The van der Waals surface area contributed by atoms with Crippen LogP contribution in [0.5, 0.6) is 5.75 Å². The Labute approximate surface area is 150 Å². The first kappa shape index (κ1) is 23.1. The number of hydrogen-bond acceptors (Lipinski definition) is 6. The number of sulfone groups is 1. The first-order chi connectivity index (χ1) is 10.5. The number of nitrogens with two attached hydrogens (primary N) is 1. The lowest BCUT2D eigenvalue weighted by molar-refractivity contribution is 0.360. The van der Waals surface area contributed by atoms with Crippen LogP contribution in [0.1, 0.15) is 26.7 Å². The minimum absolute atomic E-state index is 0. The Hall–Kier alpha value is -0.870. The molecule has 1 aromatic carbocycles. The Balaban J connectivity index is 0.00000529. The number of hydrogen-bond donors (Lipinski definition) is 2. The quantitative estimate of drug-likeness (QED) is 0.679. The minimum atomic E-state index is -4.00. The van der Waals surface area contributed by atoms with Crippen LogP contribution in [0.15, 0.2) is 28.0 Å². The number of benzene rings is 1. The van der Waals surface area contributed by atoms with Crippen molar-refractivity contribution in [2.75, 3.05) is 19.9 Å². The maximum Gasteiger partial charge on any atom is 0.244 e. The first-order valence-electron chi connectivity index (χ1n) is 7.17. The molecular formula is C14H25ClN2O5S2. The van der Waals surface area contributed by atoms with Gasteiger partial charge in [-0.15, -0.1) is 12.4 Å². The fourth-order valence-corrected chi connectivity index (χ4v) is 4.63. The van der Waals surface area contributed by atoms with Gasteiger partial charge in [-0.2, -0.15) is 0 Å². The predicted octanol–water partition coefficient (Wildman–Crippen LogP) is 1.32. The van der Waals surface area contributed by atoms with Gasteiger partial charge in [-0.1, -0.05) is 13.8 Å². The van der Waals surface area contributed by atoms with Crippen molar-refractivity contribution in [2.45, 2.75) is 42.0 Å². The van der Waals surface area contributed by atoms with Crippen molar-refractivity contribution in [3.63, 3.8) is 0 Å². The van der Waals surface area contributed by atoms with Crippen LogP contribution in [0.25, 0.3) is 0 Å². The van der Waals surface area contributed by atoms with Gasteiger partial charge in [-0.05, 0) is 31.0 Å². The molecule has 0 aliphatic rings. The highest BCUT2D eigenvalue weighted by Crippen LogP contribution is 2.28. The number of halogens is 1. The summed E-state index contributed by atoms with van der Waals surface area (Å²) in [5, 5.41) is 0. The zero-order valence-electron chi connectivity index (χ0n) is 14.2. The van der Waals surface area contributed by atoms with Crippen LogP contribution in [-0.4, -0.2) is 42.3 Å². The second-order valence-electron chi connectivity index (χ2n) is 5.38. The molecule has 0 heterocycles. The first-order valence-corrected chi connectivity index (χ1v) is 10.5. The summed E-state index contributed by atoms with van der Waals surface area (Å²) in [6.07, 6.45) is 2.03. The molecule has 1 rings (SSSR count). The maximum absolute atomic E-state index is 12.7. The number of methoxy groups -OCH3 is 1. The fourth-order valence-electron chi connectivity index (χ4n) is 2.16. The van der Waals surface area contributed by atoms with Crippen molar-refractivity contribution in [3.8, 4) is 5.75 Å². The van der Waals surface area contributed by atoms with Crippen molar-refractivity contribution in [2.24, 2.45) is 5.73 Å². The Morgan fingerprint density at radius 2 is 1.71 bits per heavy atom. The normalized spacial score (nSPS) is 12.5. The van der Waals surface area contributed by atoms with Gasteiger partial charge in [0.25, 0.3) is 0 Å². The summed E-state index contributed by atoms with van der Waals surface area (Å²) in [6.45, 7) is 3.80. The van der Waals surface area contributed by atoms with Gasteiger partial charge in [-0.3, -0.25) is 0 Å². The standard InChI is InChI=1S/C14H24N2O5S2.ClH/c1-5-14(6-2,10-15)16-23(19,20)13-9-11(22(4,17)18)7-8-12(13)21-3;/h7-9,16H,5-6,10,15H2,1-4H3;1H. The van der Waals surface area contributed by atoms with Crippen LogP contribution >= 0.6 is 12.4 Å². The summed E-state index contributed by atoms with van der Waals surface area (Å²) in [6, 6.07) is 3.74. The largest absolute Gasteiger partial charge is 0.495 e. The van der Waals surface area contributed by atoms with Gasteiger partial charge >= 0.3 is 0 Å². The summed E-state index contributed by atoms with van der Waals surface area (Å²) in [7, 11) is -6.22. The number of ether oxygens (including phenoxy) is 1. The Morgan fingerprint density at radius 1 is 1.17 bits per heavy atom. The minimum Gasteiger partial charge on any atom is -0.495 e. The van der Waals surface area contributed by atoms with E-state index >= 15 is 0 Å². The molecule has 0 radical (unpaired) electrons. The summed E-state index contributed by atoms with van der Waals surface area (Å²) in [5.74, 6) is 0.0722. The summed E-state index contributed by atoms with van der Waals surface area (Å²) >= 11 is 0. The third-order valence-corrected chi connectivity index (χ3v) is 6.66. The van der Waals surface area contributed by atoms with Crippen LogP contribution < -0.4 is 15.2 Å². The third-order valence-electron chi connectivity index (χ3n) is 3.95.